The van der Waals surface area contributed by atoms with Gasteiger partial charge in [0.15, 0.2) is 0 Å². The largest absolute Gasteiger partial charge is 0.352 e. The van der Waals surface area contributed by atoms with E-state index in [0.29, 0.717) is 11.6 Å². The van der Waals surface area contributed by atoms with Crippen LogP contribution in [-0.2, 0) is 0 Å². The van der Waals surface area contributed by atoms with Crippen LogP contribution in [0.1, 0.15) is 61.5 Å². The number of hydrogen-bond acceptors (Lipinski definition) is 5. The van der Waals surface area contributed by atoms with Gasteiger partial charge in [0.05, 0.1) is 16.9 Å². The minimum Gasteiger partial charge on any atom is -0.352 e. The molecule has 0 unspecified atom stereocenters. The van der Waals surface area contributed by atoms with E-state index in [1.807, 2.05) is 13.8 Å². The molecule has 1 amide bonds. The number of nitrogens with zero attached hydrogens (tertiary/aromatic N) is 3. The lowest BCUT2D eigenvalue weighted by Crippen LogP contribution is -2.25. The van der Waals surface area contributed by atoms with Gasteiger partial charge in [-0.2, -0.15) is 0 Å². The topological polar surface area (TPSA) is 79.8 Å². The molecule has 35 heavy (non-hydrogen) atoms. The second-order valence-corrected chi connectivity index (χ2v) is 8.92. The maximum Gasteiger partial charge on any atom is 0.258 e. The molecule has 0 bridgehead atoms. The van der Waals surface area contributed by atoms with Gasteiger partial charge < -0.3 is 10.6 Å². The van der Waals surface area contributed by atoms with E-state index in [1.165, 1.54) is 24.7 Å². The van der Waals surface area contributed by atoms with Gasteiger partial charge in [0, 0.05) is 54.5 Å². The number of benzene rings is 1. The van der Waals surface area contributed by atoms with Crippen LogP contribution >= 0.6 is 0 Å². The molecule has 184 valence electrons. The van der Waals surface area contributed by atoms with Crippen LogP contribution in [0.15, 0.2) is 42.9 Å². The zero-order valence-electron chi connectivity index (χ0n) is 19.3. The van der Waals surface area contributed by atoms with Crippen LogP contribution in [0.3, 0.4) is 0 Å². The van der Waals surface area contributed by atoms with Crippen LogP contribution in [-0.4, -0.2) is 32.8 Å². The molecule has 0 atom stereocenters. The fraction of sp³-hybridized carbons (Fsp3) is 0.360. The molecule has 1 saturated carbocycles. The maximum atomic E-state index is 14.7. The molecule has 2 aromatic heterocycles. The second kappa shape index (κ2) is 9.97. The number of amides is 1. The monoisotopic (exact) mass is 487 g/mol. The number of hydrogen-bond donors (Lipinski definition) is 2. The molecule has 1 fully saturated rings. The summed E-state index contributed by atoms with van der Waals surface area (Å²) in [5.41, 5.74) is 0.778. The molecular weight excluding hydrogens is 462 g/mol. The van der Waals surface area contributed by atoms with E-state index in [-0.39, 0.29) is 60.0 Å². The van der Waals surface area contributed by atoms with E-state index in [2.05, 4.69) is 25.6 Å². The van der Waals surface area contributed by atoms with Crippen molar-refractivity contribution in [3.8, 4) is 11.1 Å². The van der Waals surface area contributed by atoms with Crippen molar-refractivity contribution in [1.82, 2.24) is 15.0 Å². The molecule has 2 heterocycles. The number of carbonyl (C=O) groups is 1. The first-order chi connectivity index (χ1) is 16.6. The highest BCUT2D eigenvalue weighted by Gasteiger charge is 2.37. The zero-order chi connectivity index (χ0) is 25.2. The Bertz CT molecular complexity index is 1210. The summed E-state index contributed by atoms with van der Waals surface area (Å²) < 4.78 is 56.2. The van der Waals surface area contributed by atoms with Crippen LogP contribution in [0.5, 0.6) is 0 Å². The first kappa shape index (κ1) is 24.6. The van der Waals surface area contributed by atoms with E-state index in [9.17, 15) is 22.4 Å². The zero-order valence-corrected chi connectivity index (χ0v) is 19.3. The normalized spacial score (nSPS) is 15.7. The van der Waals surface area contributed by atoms with E-state index in [4.69, 9.17) is 0 Å². The van der Waals surface area contributed by atoms with Gasteiger partial charge in [-0.1, -0.05) is 0 Å². The highest BCUT2D eigenvalue weighted by molar-refractivity contribution is 6.06. The summed E-state index contributed by atoms with van der Waals surface area (Å²) in [5, 5.41) is 5.76. The van der Waals surface area contributed by atoms with Gasteiger partial charge in [0.2, 0.25) is 11.9 Å². The Labute approximate surface area is 200 Å². The SMILES string of the molecule is CC(C)Nc1ncc(C(=O)Nc2c(-c3cc(F)ccc3F)ccnc2C2CCC(F)(F)CC2)cn1. The van der Waals surface area contributed by atoms with Gasteiger partial charge in [-0.05, 0) is 51.0 Å². The van der Waals surface area contributed by atoms with Gasteiger partial charge in [-0.25, -0.2) is 27.5 Å². The van der Waals surface area contributed by atoms with Crippen molar-refractivity contribution in [2.24, 2.45) is 0 Å². The van der Waals surface area contributed by atoms with Crippen LogP contribution in [0.25, 0.3) is 11.1 Å². The highest BCUT2D eigenvalue weighted by Crippen LogP contribution is 2.44. The molecule has 1 aliphatic carbocycles. The Morgan fingerprint density at radius 3 is 2.37 bits per heavy atom. The highest BCUT2D eigenvalue weighted by atomic mass is 19.3. The molecule has 4 rings (SSSR count). The number of aromatic nitrogens is 3. The first-order valence-corrected chi connectivity index (χ1v) is 11.3. The van der Waals surface area contributed by atoms with Gasteiger partial charge in [-0.3, -0.25) is 9.78 Å². The standard InChI is InChI=1S/C25H25F4N5O/c1-14(2)33-24-31-12-16(13-32-24)23(35)34-22-18(19-11-17(26)3-4-20(19)27)7-10-30-21(22)15-5-8-25(28,29)9-6-15/h3-4,7,10-15H,5-6,8-9H2,1-2H3,(H,34,35)(H,31,32,33). The van der Waals surface area contributed by atoms with Crippen molar-refractivity contribution in [2.45, 2.75) is 57.4 Å². The lowest BCUT2D eigenvalue weighted by Gasteiger charge is -2.29. The van der Waals surface area contributed by atoms with Crippen LogP contribution < -0.4 is 10.6 Å². The van der Waals surface area contributed by atoms with Crippen LogP contribution in [0.2, 0.25) is 0 Å². The molecule has 0 saturated heterocycles. The summed E-state index contributed by atoms with van der Waals surface area (Å²) in [6.45, 7) is 3.84. The summed E-state index contributed by atoms with van der Waals surface area (Å²) in [6.07, 6.45) is 3.76. The fourth-order valence-corrected chi connectivity index (χ4v) is 4.12. The maximum absolute atomic E-state index is 14.7. The van der Waals surface area contributed by atoms with Crippen molar-refractivity contribution >= 4 is 17.5 Å². The number of nitrogens with one attached hydrogen (secondary N) is 2. The third-order valence-electron chi connectivity index (χ3n) is 5.87. The lowest BCUT2D eigenvalue weighted by atomic mass is 9.83. The van der Waals surface area contributed by atoms with E-state index in [1.54, 1.807) is 0 Å². The van der Waals surface area contributed by atoms with Gasteiger partial charge in [-0.15, -0.1) is 0 Å². The van der Waals surface area contributed by atoms with Crippen molar-refractivity contribution in [3.63, 3.8) is 0 Å². The Balaban J connectivity index is 1.72. The van der Waals surface area contributed by atoms with Crippen molar-refractivity contribution in [3.05, 3.63) is 65.7 Å². The van der Waals surface area contributed by atoms with Crippen molar-refractivity contribution in [2.75, 3.05) is 10.6 Å². The Hall–Kier alpha value is -3.56. The molecule has 0 aliphatic heterocycles. The summed E-state index contributed by atoms with van der Waals surface area (Å²) in [4.78, 5) is 25.7. The van der Waals surface area contributed by atoms with Gasteiger partial charge in [0.1, 0.15) is 11.6 Å². The Morgan fingerprint density at radius 2 is 1.71 bits per heavy atom. The third kappa shape index (κ3) is 5.75. The van der Waals surface area contributed by atoms with Gasteiger partial charge in [0.25, 0.3) is 5.91 Å². The fourth-order valence-electron chi connectivity index (χ4n) is 4.12. The van der Waals surface area contributed by atoms with Crippen molar-refractivity contribution < 1.29 is 22.4 Å². The van der Waals surface area contributed by atoms with Crippen LogP contribution in [0, 0.1) is 11.6 Å². The summed E-state index contributed by atoms with van der Waals surface area (Å²) in [7, 11) is 0. The van der Waals surface area contributed by atoms with Crippen LogP contribution in [0.4, 0.5) is 29.2 Å². The van der Waals surface area contributed by atoms with E-state index in [0.717, 1.165) is 18.2 Å². The number of carbonyl (C=O) groups excluding carboxylic acids is 1. The molecule has 6 nitrogen and oxygen atoms in total. The predicted octanol–water partition coefficient (Wildman–Crippen LogP) is 6.18. The predicted molar refractivity (Wildman–Crippen MR) is 124 cm³/mol. The smallest absolute Gasteiger partial charge is 0.258 e. The number of anilines is 2. The minimum atomic E-state index is -2.75. The molecule has 0 spiro atoms. The average molecular weight is 488 g/mol. The second-order valence-electron chi connectivity index (χ2n) is 8.92. The molecule has 2 N–H and O–H groups in total. The summed E-state index contributed by atoms with van der Waals surface area (Å²) in [6, 6.07) is 4.56. The molecule has 0 radical (unpaired) electrons. The Kier molecular flexibility index (Phi) is 7.00. The number of halogens is 4. The minimum absolute atomic E-state index is 0.0715. The van der Waals surface area contributed by atoms with Gasteiger partial charge >= 0.3 is 0 Å². The van der Waals surface area contributed by atoms with E-state index < -0.39 is 23.5 Å². The number of alkyl halides is 2. The third-order valence-corrected chi connectivity index (χ3v) is 5.87. The molecule has 3 aromatic rings. The number of rotatable bonds is 6. The summed E-state index contributed by atoms with van der Waals surface area (Å²) in [5.74, 6) is -4.72. The lowest BCUT2D eigenvalue weighted by molar-refractivity contribution is -0.0384. The average Bonchev–Trinajstić information content (AvgIpc) is 2.81. The van der Waals surface area contributed by atoms with Crippen molar-refractivity contribution in [1.29, 1.82) is 0 Å². The molecular formula is C25H25F4N5O. The Morgan fingerprint density at radius 1 is 1.03 bits per heavy atom. The molecule has 1 aromatic carbocycles. The summed E-state index contributed by atoms with van der Waals surface area (Å²) >= 11 is 0. The first-order valence-electron chi connectivity index (χ1n) is 11.3. The molecule has 10 heteroatoms. The number of pyridine rings is 1. The molecule has 1 aliphatic rings. The van der Waals surface area contributed by atoms with E-state index >= 15 is 0 Å². The quantitative estimate of drug-likeness (QED) is 0.406.